The molecule has 1 aliphatic rings. The van der Waals surface area contributed by atoms with Gasteiger partial charge in [0.15, 0.2) is 5.82 Å². The van der Waals surface area contributed by atoms with Gasteiger partial charge in [-0.3, -0.25) is 9.59 Å². The molecule has 2 aromatic rings. The van der Waals surface area contributed by atoms with E-state index in [0.29, 0.717) is 40.9 Å². The number of nitrogens with one attached hydrogen (secondary N) is 1. The van der Waals surface area contributed by atoms with E-state index in [1.54, 1.807) is 36.3 Å². The number of methoxy groups -OCH3 is 1. The van der Waals surface area contributed by atoms with Gasteiger partial charge >= 0.3 is 0 Å². The first-order valence-electron chi connectivity index (χ1n) is 9.46. The molecular formula is C20H26N6O3. The summed E-state index contributed by atoms with van der Waals surface area (Å²) in [6.45, 7) is 6.06. The molecule has 3 rings (SSSR count). The molecule has 0 saturated heterocycles. The van der Waals surface area contributed by atoms with Gasteiger partial charge in [0, 0.05) is 18.7 Å². The molecule has 1 aromatic heterocycles. The zero-order chi connectivity index (χ0) is 21.3. The number of amides is 2. The van der Waals surface area contributed by atoms with Gasteiger partial charge in [-0.2, -0.15) is 4.98 Å². The van der Waals surface area contributed by atoms with Gasteiger partial charge in [-0.1, -0.05) is 6.92 Å². The monoisotopic (exact) mass is 398 g/mol. The zero-order valence-electron chi connectivity index (χ0n) is 17.3. The van der Waals surface area contributed by atoms with Crippen molar-refractivity contribution in [3.8, 4) is 5.75 Å². The number of benzene rings is 1. The van der Waals surface area contributed by atoms with Crippen molar-refractivity contribution in [1.29, 1.82) is 0 Å². The van der Waals surface area contributed by atoms with Crippen molar-refractivity contribution in [1.82, 2.24) is 9.97 Å². The summed E-state index contributed by atoms with van der Waals surface area (Å²) in [7, 11) is 3.25. The van der Waals surface area contributed by atoms with Crippen LogP contribution in [0, 0.1) is 0 Å². The molecule has 3 N–H and O–H groups in total. The Morgan fingerprint density at radius 3 is 2.69 bits per heavy atom. The van der Waals surface area contributed by atoms with Crippen molar-refractivity contribution < 1.29 is 14.3 Å². The van der Waals surface area contributed by atoms with Crippen molar-refractivity contribution in [2.75, 3.05) is 29.3 Å². The van der Waals surface area contributed by atoms with Crippen molar-refractivity contribution in [2.24, 2.45) is 5.73 Å². The van der Waals surface area contributed by atoms with E-state index in [4.69, 9.17) is 10.5 Å². The number of nitrogens with two attached hydrogens (primary N) is 1. The number of carbonyl (C=O) groups is 2. The first-order valence-corrected chi connectivity index (χ1v) is 9.46. The SMILES string of the molecule is CC[C@@H]1C(=O)N(C)c2cnc(Nc3ccc(C(N)=O)cc3OC)nc2N1C(C)C. The Morgan fingerprint density at radius 1 is 1.38 bits per heavy atom. The largest absolute Gasteiger partial charge is 0.495 e. The number of primary amides is 1. The minimum absolute atomic E-state index is 0.0294. The van der Waals surface area contributed by atoms with Crippen molar-refractivity contribution in [2.45, 2.75) is 39.3 Å². The molecule has 0 bridgehead atoms. The molecule has 9 heteroatoms. The standard InChI is InChI=1S/C20H26N6O3/c1-6-14-19(28)25(4)15-10-22-20(24-18(15)26(14)11(2)3)23-13-8-7-12(17(21)27)9-16(13)29-5/h7-11,14H,6H2,1-5H3,(H2,21,27)(H,22,23,24)/t14-/m1/s1. The molecule has 1 aliphatic heterocycles. The quantitative estimate of drug-likeness (QED) is 0.767. The maximum Gasteiger partial charge on any atom is 0.249 e. The predicted molar refractivity (Wildman–Crippen MR) is 112 cm³/mol. The molecule has 0 aliphatic carbocycles. The number of ether oxygens (including phenoxy) is 1. The number of rotatable bonds is 6. The van der Waals surface area contributed by atoms with Crippen LogP contribution in [-0.4, -0.2) is 48.0 Å². The Bertz CT molecular complexity index is 946. The van der Waals surface area contributed by atoms with E-state index in [2.05, 4.69) is 15.3 Å². The third-order valence-corrected chi connectivity index (χ3v) is 4.98. The number of hydrogen-bond donors (Lipinski definition) is 2. The average Bonchev–Trinajstić information content (AvgIpc) is 2.70. The molecule has 29 heavy (non-hydrogen) atoms. The average molecular weight is 398 g/mol. The Hall–Kier alpha value is -3.36. The topological polar surface area (TPSA) is 114 Å². The van der Waals surface area contributed by atoms with Crippen LogP contribution in [0.1, 0.15) is 37.6 Å². The Kier molecular flexibility index (Phi) is 5.58. The molecular weight excluding hydrogens is 372 g/mol. The van der Waals surface area contributed by atoms with E-state index in [-0.39, 0.29) is 18.0 Å². The van der Waals surface area contributed by atoms with E-state index in [1.807, 2.05) is 25.7 Å². The van der Waals surface area contributed by atoms with Crippen LogP contribution in [0.2, 0.25) is 0 Å². The van der Waals surface area contributed by atoms with Crippen LogP contribution in [0.15, 0.2) is 24.4 Å². The molecule has 154 valence electrons. The van der Waals surface area contributed by atoms with Gasteiger partial charge in [0.1, 0.15) is 17.5 Å². The molecule has 0 fully saturated rings. The van der Waals surface area contributed by atoms with Crippen LogP contribution < -0.4 is 25.6 Å². The second-order valence-electron chi connectivity index (χ2n) is 7.13. The molecule has 9 nitrogen and oxygen atoms in total. The van der Waals surface area contributed by atoms with E-state index in [9.17, 15) is 9.59 Å². The van der Waals surface area contributed by atoms with Gasteiger partial charge in [-0.05, 0) is 38.5 Å². The van der Waals surface area contributed by atoms with Crippen LogP contribution in [0.3, 0.4) is 0 Å². The molecule has 0 unspecified atom stereocenters. The number of aromatic nitrogens is 2. The number of nitrogens with zero attached hydrogens (tertiary/aromatic N) is 4. The number of hydrogen-bond acceptors (Lipinski definition) is 7. The maximum absolute atomic E-state index is 12.7. The van der Waals surface area contributed by atoms with Crippen LogP contribution in [0.25, 0.3) is 0 Å². The molecule has 0 saturated carbocycles. The molecule has 2 amide bonds. The highest BCUT2D eigenvalue weighted by Gasteiger charge is 2.38. The fourth-order valence-electron chi connectivity index (χ4n) is 3.51. The summed E-state index contributed by atoms with van der Waals surface area (Å²) in [5.41, 5.74) is 6.94. The first-order chi connectivity index (χ1) is 13.8. The lowest BCUT2D eigenvalue weighted by Crippen LogP contribution is -2.54. The minimum Gasteiger partial charge on any atom is -0.495 e. The number of carbonyl (C=O) groups excluding carboxylic acids is 2. The zero-order valence-corrected chi connectivity index (χ0v) is 17.3. The first kappa shape index (κ1) is 20.4. The van der Waals surface area contributed by atoms with Crippen molar-refractivity contribution in [3.63, 3.8) is 0 Å². The normalized spacial score (nSPS) is 16.1. The van der Waals surface area contributed by atoms with E-state index < -0.39 is 5.91 Å². The summed E-state index contributed by atoms with van der Waals surface area (Å²) in [6.07, 6.45) is 2.31. The van der Waals surface area contributed by atoms with Gasteiger partial charge in [0.05, 0.1) is 19.0 Å². The molecule has 1 aromatic carbocycles. The van der Waals surface area contributed by atoms with E-state index >= 15 is 0 Å². The van der Waals surface area contributed by atoms with Crippen molar-refractivity contribution in [3.05, 3.63) is 30.0 Å². The van der Waals surface area contributed by atoms with Gasteiger partial charge in [-0.25, -0.2) is 4.98 Å². The smallest absolute Gasteiger partial charge is 0.249 e. The Balaban J connectivity index is 2.01. The summed E-state index contributed by atoms with van der Waals surface area (Å²) in [5, 5.41) is 3.13. The maximum atomic E-state index is 12.7. The highest BCUT2D eigenvalue weighted by atomic mass is 16.5. The van der Waals surface area contributed by atoms with Crippen molar-refractivity contribution >= 4 is 35.0 Å². The minimum atomic E-state index is -0.536. The lowest BCUT2D eigenvalue weighted by molar-refractivity contribution is -0.120. The fraction of sp³-hybridized carbons (Fsp3) is 0.400. The summed E-state index contributed by atoms with van der Waals surface area (Å²) in [6, 6.07) is 4.66. The van der Waals surface area contributed by atoms with Crippen LogP contribution in [-0.2, 0) is 4.79 Å². The summed E-state index contributed by atoms with van der Waals surface area (Å²) < 4.78 is 5.36. The van der Waals surface area contributed by atoms with Crippen LogP contribution in [0.5, 0.6) is 5.75 Å². The highest BCUT2D eigenvalue weighted by Crippen LogP contribution is 2.37. The Morgan fingerprint density at radius 2 is 2.10 bits per heavy atom. The van der Waals surface area contributed by atoms with E-state index in [0.717, 1.165) is 0 Å². The molecule has 0 spiro atoms. The van der Waals surface area contributed by atoms with Crippen LogP contribution in [0.4, 0.5) is 23.1 Å². The fourth-order valence-corrected chi connectivity index (χ4v) is 3.51. The molecule has 0 radical (unpaired) electrons. The molecule has 2 heterocycles. The summed E-state index contributed by atoms with van der Waals surface area (Å²) >= 11 is 0. The lowest BCUT2D eigenvalue weighted by atomic mass is 10.1. The van der Waals surface area contributed by atoms with Crippen LogP contribution >= 0.6 is 0 Å². The second-order valence-corrected chi connectivity index (χ2v) is 7.13. The Labute approximate surface area is 169 Å². The van der Waals surface area contributed by atoms with Gasteiger partial charge in [0.2, 0.25) is 17.8 Å². The summed E-state index contributed by atoms with van der Waals surface area (Å²) in [4.78, 5) is 36.8. The number of fused-ring (bicyclic) bond motifs is 1. The van der Waals surface area contributed by atoms with Gasteiger partial charge < -0.3 is 25.6 Å². The molecule has 1 atom stereocenters. The number of likely N-dealkylation sites (N-methyl/N-ethyl adjacent to an activating group) is 1. The van der Waals surface area contributed by atoms with E-state index in [1.165, 1.54) is 7.11 Å². The highest BCUT2D eigenvalue weighted by molar-refractivity contribution is 6.04. The third-order valence-electron chi connectivity index (χ3n) is 4.98. The summed E-state index contributed by atoms with van der Waals surface area (Å²) in [5.74, 6) is 0.992. The van der Waals surface area contributed by atoms with Gasteiger partial charge in [0.25, 0.3) is 0 Å². The lowest BCUT2D eigenvalue weighted by Gasteiger charge is -2.42. The second kappa shape index (κ2) is 7.94. The number of anilines is 4. The van der Waals surface area contributed by atoms with Gasteiger partial charge in [-0.15, -0.1) is 0 Å². The predicted octanol–water partition coefficient (Wildman–Crippen LogP) is 2.30. The third kappa shape index (κ3) is 3.67.